The van der Waals surface area contributed by atoms with Crippen LogP contribution in [0.25, 0.3) is 5.65 Å². The van der Waals surface area contributed by atoms with Crippen LogP contribution in [0.15, 0.2) is 6.07 Å². The topological polar surface area (TPSA) is 43.1 Å². The van der Waals surface area contributed by atoms with Crippen LogP contribution in [0, 0.1) is 12.8 Å². The van der Waals surface area contributed by atoms with Crippen molar-refractivity contribution in [3.63, 3.8) is 0 Å². The van der Waals surface area contributed by atoms with E-state index in [4.69, 9.17) is 11.6 Å². The van der Waals surface area contributed by atoms with Crippen LogP contribution in [0.2, 0.25) is 5.15 Å². The van der Waals surface area contributed by atoms with E-state index >= 15 is 0 Å². The highest BCUT2D eigenvalue weighted by atomic mass is 35.5. The fourth-order valence-corrected chi connectivity index (χ4v) is 3.31. The molecule has 2 heterocycles. The summed E-state index contributed by atoms with van der Waals surface area (Å²) in [5.41, 5.74) is 0.802. The first-order valence-electron chi connectivity index (χ1n) is 7.11. The lowest BCUT2D eigenvalue weighted by Crippen LogP contribution is -2.09. The third-order valence-corrected chi connectivity index (χ3v) is 4.29. The Kier molecular flexibility index (Phi) is 3.69. The zero-order valence-electron chi connectivity index (χ0n) is 11.3. The molecular formula is C14H19ClN4. The molecule has 102 valence electrons. The molecule has 2 aromatic heterocycles. The number of nitrogens with zero attached hydrogens (tertiary/aromatic N) is 4. The monoisotopic (exact) mass is 278 g/mol. The molecule has 2 aromatic rings. The Balaban J connectivity index is 1.77. The first-order chi connectivity index (χ1) is 9.24. The van der Waals surface area contributed by atoms with E-state index in [-0.39, 0.29) is 0 Å². The summed E-state index contributed by atoms with van der Waals surface area (Å²) in [6.07, 6.45) is 9.13. The minimum atomic E-state index is 0.483. The molecule has 1 saturated carbocycles. The quantitative estimate of drug-likeness (QED) is 0.806. The first-order valence-corrected chi connectivity index (χ1v) is 7.49. The Hall–Kier alpha value is -1.16. The third-order valence-electron chi connectivity index (χ3n) is 4.10. The van der Waals surface area contributed by atoms with Crippen molar-refractivity contribution in [3.8, 4) is 0 Å². The van der Waals surface area contributed by atoms with Crippen molar-refractivity contribution < 1.29 is 0 Å². The smallest absolute Gasteiger partial charge is 0.165 e. The van der Waals surface area contributed by atoms with Gasteiger partial charge < -0.3 is 0 Å². The Morgan fingerprint density at radius 3 is 2.84 bits per heavy atom. The van der Waals surface area contributed by atoms with Gasteiger partial charge in [-0.2, -0.15) is 0 Å². The lowest BCUT2D eigenvalue weighted by Gasteiger charge is -2.20. The van der Waals surface area contributed by atoms with Crippen LogP contribution in [0.5, 0.6) is 0 Å². The second-order valence-electron chi connectivity index (χ2n) is 5.48. The summed E-state index contributed by atoms with van der Waals surface area (Å²) in [6, 6.07) is 1.77. The zero-order chi connectivity index (χ0) is 13.2. The first kappa shape index (κ1) is 12.9. The van der Waals surface area contributed by atoms with Gasteiger partial charge in [0.2, 0.25) is 0 Å². The molecule has 0 spiro atoms. The van der Waals surface area contributed by atoms with Gasteiger partial charge in [-0.1, -0.05) is 43.7 Å². The summed E-state index contributed by atoms with van der Waals surface area (Å²) in [7, 11) is 0. The van der Waals surface area contributed by atoms with Gasteiger partial charge >= 0.3 is 0 Å². The number of fused-ring (bicyclic) bond motifs is 1. The maximum absolute atomic E-state index is 5.94. The molecule has 1 fully saturated rings. The van der Waals surface area contributed by atoms with Gasteiger partial charge in [-0.05, 0) is 19.3 Å². The van der Waals surface area contributed by atoms with E-state index in [1.54, 1.807) is 6.07 Å². The number of aromatic nitrogens is 4. The van der Waals surface area contributed by atoms with Crippen molar-refractivity contribution in [3.05, 3.63) is 22.9 Å². The molecule has 4 nitrogen and oxygen atoms in total. The van der Waals surface area contributed by atoms with Gasteiger partial charge in [0.05, 0.1) is 0 Å². The normalized spacial score (nSPS) is 17.2. The van der Waals surface area contributed by atoms with E-state index in [0.717, 1.165) is 29.6 Å². The van der Waals surface area contributed by atoms with Crippen molar-refractivity contribution in [2.45, 2.75) is 51.9 Å². The van der Waals surface area contributed by atoms with Gasteiger partial charge in [-0.15, -0.1) is 10.2 Å². The Bertz CT molecular complexity index is 572. The average Bonchev–Trinajstić information content (AvgIpc) is 2.81. The van der Waals surface area contributed by atoms with Crippen molar-refractivity contribution >= 4 is 17.2 Å². The summed E-state index contributed by atoms with van der Waals surface area (Å²) in [5.74, 6) is 2.75. The molecule has 3 rings (SSSR count). The number of hydrogen-bond acceptors (Lipinski definition) is 3. The minimum absolute atomic E-state index is 0.483. The number of halogens is 1. The zero-order valence-corrected chi connectivity index (χ0v) is 12.0. The minimum Gasteiger partial charge on any atom is -0.267 e. The van der Waals surface area contributed by atoms with E-state index in [1.165, 1.54) is 38.5 Å². The van der Waals surface area contributed by atoms with Gasteiger partial charge in [0, 0.05) is 12.5 Å². The second-order valence-corrected chi connectivity index (χ2v) is 5.87. The molecule has 0 saturated heterocycles. The molecular weight excluding hydrogens is 260 g/mol. The maximum Gasteiger partial charge on any atom is 0.165 e. The van der Waals surface area contributed by atoms with Crippen LogP contribution >= 0.6 is 11.6 Å². The molecule has 5 heteroatoms. The Labute approximate surface area is 118 Å². The molecule has 0 aromatic carbocycles. The number of rotatable bonds is 3. The molecule has 0 aliphatic heterocycles. The van der Waals surface area contributed by atoms with Gasteiger partial charge in [0.25, 0.3) is 0 Å². The largest absolute Gasteiger partial charge is 0.267 e. The summed E-state index contributed by atoms with van der Waals surface area (Å²) in [5, 5.41) is 8.97. The highest BCUT2D eigenvalue weighted by Gasteiger charge is 2.16. The van der Waals surface area contributed by atoms with Crippen LogP contribution in [-0.2, 0) is 6.42 Å². The van der Waals surface area contributed by atoms with E-state index in [9.17, 15) is 0 Å². The molecule has 0 N–H and O–H groups in total. The van der Waals surface area contributed by atoms with Crippen molar-refractivity contribution in [2.24, 2.45) is 5.92 Å². The summed E-state index contributed by atoms with van der Waals surface area (Å²) in [4.78, 5) is 4.28. The summed E-state index contributed by atoms with van der Waals surface area (Å²) in [6.45, 7) is 1.95. The van der Waals surface area contributed by atoms with E-state index in [0.29, 0.717) is 5.15 Å². The SMILES string of the molecule is Cc1nc(Cl)cc2nnc(CCC3CCCCC3)n12. The molecule has 19 heavy (non-hydrogen) atoms. The predicted octanol–water partition coefficient (Wildman–Crippen LogP) is 3.60. The molecule has 0 bridgehead atoms. The summed E-state index contributed by atoms with van der Waals surface area (Å²) < 4.78 is 2.02. The molecule has 1 aliphatic rings. The van der Waals surface area contributed by atoms with Crippen LogP contribution in [0.4, 0.5) is 0 Å². The van der Waals surface area contributed by atoms with Crippen molar-refractivity contribution in [2.75, 3.05) is 0 Å². The molecule has 0 unspecified atom stereocenters. The fourth-order valence-electron chi connectivity index (χ4n) is 3.09. The summed E-state index contributed by atoms with van der Waals surface area (Å²) >= 11 is 5.94. The highest BCUT2D eigenvalue weighted by Crippen LogP contribution is 2.27. The van der Waals surface area contributed by atoms with Crippen LogP contribution < -0.4 is 0 Å². The standard InChI is InChI=1S/C14H19ClN4/c1-10-16-12(15)9-14-18-17-13(19(10)14)8-7-11-5-3-2-4-6-11/h9,11H,2-8H2,1H3. The van der Waals surface area contributed by atoms with Crippen LogP contribution in [0.3, 0.4) is 0 Å². The maximum atomic E-state index is 5.94. The lowest BCUT2D eigenvalue weighted by atomic mass is 9.86. The van der Waals surface area contributed by atoms with Gasteiger partial charge in [0.15, 0.2) is 5.65 Å². The van der Waals surface area contributed by atoms with Gasteiger partial charge in [-0.25, -0.2) is 4.98 Å². The van der Waals surface area contributed by atoms with E-state index < -0.39 is 0 Å². The average molecular weight is 279 g/mol. The van der Waals surface area contributed by atoms with E-state index in [2.05, 4.69) is 15.2 Å². The van der Waals surface area contributed by atoms with E-state index in [1.807, 2.05) is 11.3 Å². The number of aryl methyl sites for hydroxylation is 2. The molecule has 0 amide bonds. The Morgan fingerprint density at radius 2 is 2.05 bits per heavy atom. The van der Waals surface area contributed by atoms with Crippen LogP contribution in [-0.4, -0.2) is 19.6 Å². The molecule has 0 atom stereocenters. The number of hydrogen-bond donors (Lipinski definition) is 0. The molecule has 1 aliphatic carbocycles. The van der Waals surface area contributed by atoms with Gasteiger partial charge in [0.1, 0.15) is 16.8 Å². The Morgan fingerprint density at radius 1 is 1.26 bits per heavy atom. The van der Waals surface area contributed by atoms with Gasteiger partial charge in [-0.3, -0.25) is 4.40 Å². The lowest BCUT2D eigenvalue weighted by molar-refractivity contribution is 0.337. The third kappa shape index (κ3) is 2.73. The van der Waals surface area contributed by atoms with Crippen molar-refractivity contribution in [1.82, 2.24) is 19.6 Å². The van der Waals surface area contributed by atoms with Crippen LogP contribution in [0.1, 0.15) is 50.2 Å². The second kappa shape index (κ2) is 5.45. The highest BCUT2D eigenvalue weighted by molar-refractivity contribution is 6.29. The van der Waals surface area contributed by atoms with Crippen molar-refractivity contribution in [1.29, 1.82) is 0 Å². The predicted molar refractivity (Wildman–Crippen MR) is 75.4 cm³/mol. The molecule has 0 radical (unpaired) electrons. The fraction of sp³-hybridized carbons (Fsp3) is 0.643.